The number of phenolic OH excluding ortho intramolecular Hbond substituents is 1. The van der Waals surface area contributed by atoms with E-state index in [4.69, 9.17) is 5.11 Å². The van der Waals surface area contributed by atoms with Crippen molar-refractivity contribution in [1.29, 1.82) is 0 Å². The molecule has 0 spiro atoms. The Balaban J connectivity index is 0. The fraction of sp³-hybridized carbons (Fsp3) is 0. The van der Waals surface area contributed by atoms with E-state index in [9.17, 15) is 10.1 Å². The molecule has 0 unspecified atom stereocenters. The molecule has 0 atom stereocenters. The summed E-state index contributed by atoms with van der Waals surface area (Å²) in [5.74, 6) is -0.299. The van der Waals surface area contributed by atoms with Gasteiger partial charge < -0.3 is 5.11 Å². The number of nitro benzene ring substituents is 1. The van der Waals surface area contributed by atoms with Crippen LogP contribution in [0.15, 0.2) is 24.3 Å². The number of hydrogen-bond donors (Lipinski definition) is 1. The van der Waals surface area contributed by atoms with Crippen LogP contribution in [0.1, 0.15) is 0 Å². The molecule has 0 aliphatic rings. The van der Waals surface area contributed by atoms with Gasteiger partial charge in [-0.3, -0.25) is 10.1 Å². The molecule has 1 N–H and O–H groups in total. The van der Waals surface area contributed by atoms with E-state index in [1.54, 1.807) is 0 Å². The molecule has 0 saturated heterocycles. The zero-order valence-corrected chi connectivity index (χ0v) is 5.02. The van der Waals surface area contributed by atoms with Crippen LogP contribution in [0.25, 0.3) is 0 Å². The van der Waals surface area contributed by atoms with E-state index in [0.29, 0.717) is 0 Å². The molecule has 1 aromatic rings. The molecule has 12 heavy (non-hydrogen) atoms. The zero-order chi connectivity index (χ0) is 7.56. The number of nitrogens with zero attached hydrogens (tertiary/aromatic N) is 1. The first-order chi connectivity index (χ1) is 4.72. The summed E-state index contributed by atoms with van der Waals surface area (Å²) in [5.41, 5.74) is -0.262. The van der Waals surface area contributed by atoms with Gasteiger partial charge in [0.2, 0.25) is 0 Å². The van der Waals surface area contributed by atoms with E-state index >= 15 is 0 Å². The van der Waals surface area contributed by atoms with Crippen molar-refractivity contribution >= 4 is 64.8 Å². The second-order valence-corrected chi connectivity index (χ2v) is 1.75. The first kappa shape index (κ1) is 14.9. The summed E-state index contributed by atoms with van der Waals surface area (Å²) >= 11 is 0. The molecule has 6 heteroatoms. The van der Waals surface area contributed by atoms with Gasteiger partial charge in [-0.1, -0.05) is 12.1 Å². The van der Waals surface area contributed by atoms with Gasteiger partial charge in [-0.2, -0.15) is 0 Å². The van der Waals surface area contributed by atoms with E-state index < -0.39 is 4.92 Å². The van der Waals surface area contributed by atoms with Crippen molar-refractivity contribution in [2.45, 2.75) is 0 Å². The van der Waals surface area contributed by atoms with Crippen LogP contribution in [-0.2, 0) is 0 Å². The van der Waals surface area contributed by atoms with Crippen molar-refractivity contribution in [2.75, 3.05) is 0 Å². The van der Waals surface area contributed by atoms with Crippen LogP contribution in [0.4, 0.5) is 5.69 Å². The Hall–Kier alpha value is 0.420. The van der Waals surface area contributed by atoms with E-state index in [0.717, 1.165) is 0 Å². The number of benzene rings is 1. The second kappa shape index (κ2) is 6.88. The Kier molecular flexibility index (Phi) is 8.56. The molecule has 0 bridgehead atoms. The summed E-state index contributed by atoms with van der Waals surface area (Å²) in [7, 11) is 0. The third kappa shape index (κ3) is 3.89. The predicted molar refractivity (Wildman–Crippen MR) is 49.1 cm³/mol. The fourth-order valence-electron chi connectivity index (χ4n) is 0.619. The van der Waals surface area contributed by atoms with Crippen molar-refractivity contribution < 1.29 is 10.0 Å². The van der Waals surface area contributed by atoms with Gasteiger partial charge in [0.1, 0.15) is 0 Å². The number of hydrogen-bond acceptors (Lipinski definition) is 3. The van der Waals surface area contributed by atoms with Crippen molar-refractivity contribution in [3.63, 3.8) is 0 Å². The minimum absolute atomic E-state index is 0. The number of aromatic hydroxyl groups is 1. The standard InChI is InChI=1S/C6H5NO3.2Na.2H/c8-6-4-2-1-3-5(6)7(9)10;;;;/h1-4,8H;;;;. The SMILES string of the molecule is O=[N+]([O-])c1ccccc1O.[NaH].[NaH]. The van der Waals surface area contributed by atoms with E-state index in [1.807, 2.05) is 0 Å². The van der Waals surface area contributed by atoms with Crippen LogP contribution in [0, 0.1) is 10.1 Å². The van der Waals surface area contributed by atoms with Gasteiger partial charge >= 0.3 is 64.8 Å². The molecule has 0 amide bonds. The topological polar surface area (TPSA) is 63.4 Å². The van der Waals surface area contributed by atoms with Crippen LogP contribution in [-0.4, -0.2) is 69.1 Å². The summed E-state index contributed by atoms with van der Waals surface area (Å²) in [5, 5.41) is 18.9. The van der Waals surface area contributed by atoms with E-state index in [-0.39, 0.29) is 70.6 Å². The molecular weight excluding hydrogens is 180 g/mol. The zero-order valence-electron chi connectivity index (χ0n) is 5.02. The van der Waals surface area contributed by atoms with Crippen molar-refractivity contribution in [3.05, 3.63) is 34.4 Å². The monoisotopic (exact) mass is 187 g/mol. The van der Waals surface area contributed by atoms with Crippen LogP contribution < -0.4 is 0 Å². The Labute approximate surface area is 114 Å². The first-order valence-corrected chi connectivity index (χ1v) is 2.64. The number of phenols is 1. The molecule has 0 aliphatic heterocycles. The molecular formula is C6H7NNa2O3. The maximum absolute atomic E-state index is 10.1. The molecule has 1 rings (SSSR count). The van der Waals surface area contributed by atoms with Crippen LogP contribution in [0.3, 0.4) is 0 Å². The molecule has 56 valence electrons. The Bertz CT molecular complexity index is 267. The van der Waals surface area contributed by atoms with Gasteiger partial charge in [0.05, 0.1) is 4.92 Å². The quantitative estimate of drug-likeness (QED) is 0.382. The second-order valence-electron chi connectivity index (χ2n) is 1.75. The van der Waals surface area contributed by atoms with Gasteiger partial charge in [0.25, 0.3) is 0 Å². The van der Waals surface area contributed by atoms with Gasteiger partial charge in [-0.25, -0.2) is 0 Å². The maximum atomic E-state index is 10.1. The molecule has 0 fully saturated rings. The molecule has 0 saturated carbocycles. The summed E-state index contributed by atoms with van der Waals surface area (Å²) < 4.78 is 0. The summed E-state index contributed by atoms with van der Waals surface area (Å²) in [6, 6.07) is 5.55. The Morgan fingerprint density at radius 3 is 2.08 bits per heavy atom. The number of nitro groups is 1. The fourth-order valence-corrected chi connectivity index (χ4v) is 0.619. The Morgan fingerprint density at radius 2 is 1.75 bits per heavy atom. The van der Waals surface area contributed by atoms with Gasteiger partial charge in [-0.05, 0) is 6.07 Å². The third-order valence-corrected chi connectivity index (χ3v) is 1.08. The molecule has 1 aromatic carbocycles. The van der Waals surface area contributed by atoms with E-state index in [1.165, 1.54) is 24.3 Å². The van der Waals surface area contributed by atoms with Crippen molar-refractivity contribution in [1.82, 2.24) is 0 Å². The summed E-state index contributed by atoms with van der Waals surface area (Å²) in [6.07, 6.45) is 0. The normalized spacial score (nSPS) is 7.67. The summed E-state index contributed by atoms with van der Waals surface area (Å²) in [6.45, 7) is 0. The summed E-state index contributed by atoms with van der Waals surface area (Å²) in [4.78, 5) is 9.44. The molecule has 0 aromatic heterocycles. The van der Waals surface area contributed by atoms with Crippen LogP contribution in [0.2, 0.25) is 0 Å². The minimum atomic E-state index is -0.630. The van der Waals surface area contributed by atoms with E-state index in [2.05, 4.69) is 0 Å². The number of para-hydroxylation sites is 2. The third-order valence-electron chi connectivity index (χ3n) is 1.08. The molecule has 0 radical (unpaired) electrons. The van der Waals surface area contributed by atoms with Gasteiger partial charge in [0.15, 0.2) is 5.75 Å². The molecule has 0 aliphatic carbocycles. The average molecular weight is 187 g/mol. The predicted octanol–water partition coefficient (Wildman–Crippen LogP) is 0.00340. The van der Waals surface area contributed by atoms with Crippen molar-refractivity contribution in [2.24, 2.45) is 0 Å². The van der Waals surface area contributed by atoms with Crippen LogP contribution >= 0.6 is 0 Å². The van der Waals surface area contributed by atoms with Crippen LogP contribution in [0.5, 0.6) is 5.75 Å². The first-order valence-electron chi connectivity index (χ1n) is 2.64. The van der Waals surface area contributed by atoms with Crippen molar-refractivity contribution in [3.8, 4) is 5.75 Å². The van der Waals surface area contributed by atoms with Gasteiger partial charge in [0, 0.05) is 6.07 Å². The molecule has 4 nitrogen and oxygen atoms in total. The van der Waals surface area contributed by atoms with Gasteiger partial charge in [-0.15, -0.1) is 0 Å². The number of rotatable bonds is 1. The Morgan fingerprint density at radius 1 is 1.25 bits per heavy atom. The molecule has 0 heterocycles. The average Bonchev–Trinajstić information content (AvgIpc) is 1.88.